The molecule has 0 saturated heterocycles. The zero-order valence-electron chi connectivity index (χ0n) is 18.4. The van der Waals surface area contributed by atoms with Crippen LogP contribution >= 0.6 is 0 Å². The Morgan fingerprint density at radius 3 is 2.62 bits per heavy atom. The summed E-state index contributed by atoms with van der Waals surface area (Å²) in [6.07, 6.45) is -2.33. The quantitative estimate of drug-likeness (QED) is 0.399. The molecule has 0 aliphatic carbocycles. The van der Waals surface area contributed by atoms with E-state index in [1.807, 2.05) is 43.5 Å². The number of aromatic nitrogens is 4. The SMILES string of the molecule is Cc1ccn(CCC(=O)NCc2nc(NCc3cccc(C(F)(F)F)c3)c3ccccc3n2)n1. The predicted molar refractivity (Wildman–Crippen MR) is 122 cm³/mol. The Bertz CT molecular complexity index is 1300. The smallest absolute Gasteiger partial charge is 0.365 e. The molecule has 2 heterocycles. The van der Waals surface area contributed by atoms with Gasteiger partial charge in [-0.15, -0.1) is 0 Å². The van der Waals surface area contributed by atoms with Crippen LogP contribution in [0.3, 0.4) is 0 Å². The van der Waals surface area contributed by atoms with Gasteiger partial charge >= 0.3 is 6.18 Å². The van der Waals surface area contributed by atoms with E-state index in [2.05, 4.69) is 25.7 Å². The molecule has 0 atom stereocenters. The molecule has 0 fully saturated rings. The lowest BCUT2D eigenvalue weighted by molar-refractivity contribution is -0.137. The summed E-state index contributed by atoms with van der Waals surface area (Å²) >= 11 is 0. The molecule has 2 aromatic heterocycles. The lowest BCUT2D eigenvalue weighted by Crippen LogP contribution is -2.25. The summed E-state index contributed by atoms with van der Waals surface area (Å²) in [5, 5.41) is 10.9. The second-order valence-electron chi connectivity index (χ2n) is 7.80. The van der Waals surface area contributed by atoms with Gasteiger partial charge in [-0.05, 0) is 42.8 Å². The van der Waals surface area contributed by atoms with Crippen molar-refractivity contribution >= 4 is 22.6 Å². The highest BCUT2D eigenvalue weighted by molar-refractivity contribution is 5.89. The maximum Gasteiger partial charge on any atom is 0.416 e. The zero-order chi connectivity index (χ0) is 24.1. The topological polar surface area (TPSA) is 84.7 Å². The number of carbonyl (C=O) groups is 1. The average molecular weight is 468 g/mol. The summed E-state index contributed by atoms with van der Waals surface area (Å²) in [4.78, 5) is 21.3. The second-order valence-corrected chi connectivity index (χ2v) is 7.80. The number of nitrogens with one attached hydrogen (secondary N) is 2. The Kier molecular flexibility index (Phi) is 6.76. The zero-order valence-corrected chi connectivity index (χ0v) is 18.4. The summed E-state index contributed by atoms with van der Waals surface area (Å²) in [6.45, 7) is 2.62. The van der Waals surface area contributed by atoms with Gasteiger partial charge in [0.1, 0.15) is 5.82 Å². The molecule has 0 saturated carbocycles. The van der Waals surface area contributed by atoms with E-state index in [4.69, 9.17) is 0 Å². The first-order chi connectivity index (χ1) is 16.3. The van der Waals surface area contributed by atoms with E-state index in [-0.39, 0.29) is 25.4 Å². The van der Waals surface area contributed by atoms with Crippen molar-refractivity contribution in [2.75, 3.05) is 5.32 Å². The van der Waals surface area contributed by atoms with E-state index < -0.39 is 11.7 Å². The number of hydrogen-bond acceptors (Lipinski definition) is 5. The molecule has 7 nitrogen and oxygen atoms in total. The normalized spacial score (nSPS) is 11.5. The largest absolute Gasteiger partial charge is 0.416 e. The van der Waals surface area contributed by atoms with Crippen molar-refractivity contribution in [1.82, 2.24) is 25.1 Å². The number of anilines is 1. The summed E-state index contributed by atoms with van der Waals surface area (Å²) in [7, 11) is 0. The fourth-order valence-electron chi connectivity index (χ4n) is 3.45. The van der Waals surface area contributed by atoms with Gasteiger partial charge in [-0.2, -0.15) is 18.3 Å². The molecule has 4 rings (SSSR count). The first-order valence-electron chi connectivity index (χ1n) is 10.7. The maximum atomic E-state index is 13.0. The van der Waals surface area contributed by atoms with Crippen molar-refractivity contribution in [2.24, 2.45) is 0 Å². The molecule has 0 unspecified atom stereocenters. The molecule has 34 heavy (non-hydrogen) atoms. The van der Waals surface area contributed by atoms with Gasteiger partial charge in [0.05, 0.1) is 23.3 Å². The van der Waals surface area contributed by atoms with E-state index >= 15 is 0 Å². The first-order valence-corrected chi connectivity index (χ1v) is 10.7. The van der Waals surface area contributed by atoms with E-state index in [0.29, 0.717) is 29.3 Å². The molecule has 2 aromatic carbocycles. The van der Waals surface area contributed by atoms with Gasteiger partial charge in [-0.3, -0.25) is 9.48 Å². The summed E-state index contributed by atoms with van der Waals surface area (Å²) in [5.41, 5.74) is 1.32. The molecule has 2 N–H and O–H groups in total. The minimum Gasteiger partial charge on any atom is -0.365 e. The number of fused-ring (bicyclic) bond motifs is 1. The molecule has 0 aliphatic heterocycles. The minimum absolute atomic E-state index is 0.125. The third kappa shape index (κ3) is 5.89. The molecule has 0 bridgehead atoms. The highest BCUT2D eigenvalue weighted by Gasteiger charge is 2.30. The highest BCUT2D eigenvalue weighted by atomic mass is 19.4. The fourth-order valence-corrected chi connectivity index (χ4v) is 3.45. The van der Waals surface area contributed by atoms with Gasteiger partial charge < -0.3 is 10.6 Å². The van der Waals surface area contributed by atoms with Crippen LogP contribution in [0.25, 0.3) is 10.9 Å². The van der Waals surface area contributed by atoms with Crippen molar-refractivity contribution in [3.63, 3.8) is 0 Å². The van der Waals surface area contributed by atoms with Gasteiger partial charge in [0.2, 0.25) is 5.91 Å². The number of nitrogens with zero attached hydrogens (tertiary/aromatic N) is 4. The fraction of sp³-hybridized carbons (Fsp3) is 0.250. The van der Waals surface area contributed by atoms with Crippen molar-refractivity contribution in [2.45, 2.75) is 39.2 Å². The first kappa shape index (κ1) is 23.2. The maximum absolute atomic E-state index is 13.0. The van der Waals surface area contributed by atoms with Gasteiger partial charge in [0.15, 0.2) is 5.82 Å². The van der Waals surface area contributed by atoms with E-state index in [1.54, 1.807) is 10.7 Å². The van der Waals surface area contributed by atoms with Crippen LogP contribution in [0.4, 0.5) is 19.0 Å². The van der Waals surface area contributed by atoms with Crippen LogP contribution in [0.1, 0.15) is 29.1 Å². The number of hydrogen-bond donors (Lipinski definition) is 2. The lowest BCUT2D eigenvalue weighted by Gasteiger charge is -2.13. The third-order valence-corrected chi connectivity index (χ3v) is 5.15. The number of aryl methyl sites for hydroxylation is 2. The van der Waals surface area contributed by atoms with Crippen molar-refractivity contribution in [3.05, 3.63) is 83.4 Å². The van der Waals surface area contributed by atoms with Gasteiger partial charge in [-0.25, -0.2) is 9.97 Å². The standard InChI is InChI=1S/C24H23F3N6O/c1-16-9-11-33(32-16)12-10-22(34)28-15-21-30-20-8-3-2-7-19(20)23(31-21)29-14-17-5-4-6-18(13-17)24(25,26)27/h2-9,11,13H,10,12,14-15H2,1H3,(H,28,34)(H,29,30,31). The van der Waals surface area contributed by atoms with Crippen LogP contribution < -0.4 is 10.6 Å². The number of rotatable bonds is 8. The van der Waals surface area contributed by atoms with Gasteiger partial charge in [-0.1, -0.05) is 24.3 Å². The average Bonchev–Trinajstić information content (AvgIpc) is 3.24. The molecule has 1 amide bonds. The third-order valence-electron chi connectivity index (χ3n) is 5.15. The van der Waals surface area contributed by atoms with Gasteiger partial charge in [0.25, 0.3) is 0 Å². The van der Waals surface area contributed by atoms with Crippen LogP contribution in [0.15, 0.2) is 60.8 Å². The number of alkyl halides is 3. The molecular formula is C24H23F3N6O. The molecule has 10 heteroatoms. The minimum atomic E-state index is -4.40. The number of benzene rings is 2. The Morgan fingerprint density at radius 2 is 1.85 bits per heavy atom. The molecule has 0 aliphatic rings. The van der Waals surface area contributed by atoms with Gasteiger partial charge in [0, 0.05) is 31.1 Å². The number of carbonyl (C=O) groups excluding carboxylic acids is 1. The van der Waals surface area contributed by atoms with E-state index in [0.717, 1.165) is 23.2 Å². The highest BCUT2D eigenvalue weighted by Crippen LogP contribution is 2.30. The molecule has 0 spiro atoms. The number of amides is 1. The lowest BCUT2D eigenvalue weighted by atomic mass is 10.1. The number of para-hydroxylation sites is 1. The van der Waals surface area contributed by atoms with E-state index in [9.17, 15) is 18.0 Å². The second kappa shape index (κ2) is 9.90. The summed E-state index contributed by atoms with van der Waals surface area (Å²) in [5.74, 6) is 0.719. The van der Waals surface area contributed by atoms with Crippen LogP contribution in [0.5, 0.6) is 0 Å². The Balaban J connectivity index is 1.44. The predicted octanol–water partition coefficient (Wildman–Crippen LogP) is 4.47. The van der Waals surface area contributed by atoms with E-state index in [1.165, 1.54) is 6.07 Å². The molecule has 4 aromatic rings. The summed E-state index contributed by atoms with van der Waals surface area (Å²) < 4.78 is 40.7. The van der Waals surface area contributed by atoms with Crippen molar-refractivity contribution in [1.29, 1.82) is 0 Å². The Hall–Kier alpha value is -3.95. The van der Waals surface area contributed by atoms with Crippen molar-refractivity contribution in [3.8, 4) is 0 Å². The monoisotopic (exact) mass is 468 g/mol. The van der Waals surface area contributed by atoms with Crippen LogP contribution in [-0.4, -0.2) is 25.7 Å². The van der Waals surface area contributed by atoms with Crippen LogP contribution in [0, 0.1) is 6.92 Å². The van der Waals surface area contributed by atoms with Crippen molar-refractivity contribution < 1.29 is 18.0 Å². The Labute approximate surface area is 194 Å². The number of halogens is 3. The Morgan fingerprint density at radius 1 is 1.03 bits per heavy atom. The molecule has 176 valence electrons. The molecule has 0 radical (unpaired) electrons. The van der Waals surface area contributed by atoms with Crippen LogP contribution in [-0.2, 0) is 30.6 Å². The summed E-state index contributed by atoms with van der Waals surface area (Å²) in [6, 6.07) is 14.3. The van der Waals surface area contributed by atoms with Crippen LogP contribution in [0.2, 0.25) is 0 Å². The molecular weight excluding hydrogens is 445 g/mol.